The van der Waals surface area contributed by atoms with Crippen molar-refractivity contribution in [2.45, 2.75) is 32.9 Å². The average molecular weight is 411 g/mol. The van der Waals surface area contributed by atoms with Gasteiger partial charge in [0.2, 0.25) is 0 Å². The van der Waals surface area contributed by atoms with E-state index in [4.69, 9.17) is 9.84 Å². The summed E-state index contributed by atoms with van der Waals surface area (Å²) in [6.45, 7) is 5.12. The summed E-state index contributed by atoms with van der Waals surface area (Å²) in [6, 6.07) is 10.7. The Morgan fingerprint density at radius 3 is 2.41 bits per heavy atom. The zero-order valence-electron chi connectivity index (χ0n) is 16.3. The summed E-state index contributed by atoms with van der Waals surface area (Å²) < 4.78 is 5.48. The number of nitrogens with one attached hydrogen (secondary N) is 1. The molecule has 1 aromatic carbocycles. The van der Waals surface area contributed by atoms with E-state index in [2.05, 4.69) is 15.3 Å². The van der Waals surface area contributed by atoms with E-state index < -0.39 is 11.6 Å². The van der Waals surface area contributed by atoms with Crippen molar-refractivity contribution in [3.8, 4) is 16.3 Å². The summed E-state index contributed by atoms with van der Waals surface area (Å²) >= 11 is 1.34. The van der Waals surface area contributed by atoms with Crippen LogP contribution >= 0.6 is 11.3 Å². The fourth-order valence-corrected chi connectivity index (χ4v) is 3.49. The smallest absolute Gasteiger partial charge is 0.347 e. The third-order valence-corrected chi connectivity index (χ3v) is 5.40. The Bertz CT molecular complexity index is 1010. The van der Waals surface area contributed by atoms with E-state index in [1.165, 1.54) is 25.2 Å². The van der Waals surface area contributed by atoms with Crippen molar-refractivity contribution in [3.63, 3.8) is 0 Å². The van der Waals surface area contributed by atoms with E-state index in [9.17, 15) is 9.59 Å². The summed E-state index contributed by atoms with van der Waals surface area (Å²) in [4.78, 5) is 32.8. The number of aliphatic carboxylic acids is 1. The SMILES string of the molecule is Cc1nc(-c2ccncc2)sc1C(=O)NCc1ccc(OC(C)(C)C(=O)O)cc1. The number of aryl methyl sites for hydroxylation is 1. The molecule has 0 aliphatic carbocycles. The first-order valence-electron chi connectivity index (χ1n) is 8.93. The Hall–Kier alpha value is -3.26. The number of nitrogens with zero attached hydrogens (tertiary/aromatic N) is 2. The molecule has 0 atom stereocenters. The van der Waals surface area contributed by atoms with Gasteiger partial charge in [0.25, 0.3) is 5.91 Å². The second-order valence-electron chi connectivity index (χ2n) is 6.91. The van der Waals surface area contributed by atoms with E-state index in [-0.39, 0.29) is 5.91 Å². The minimum absolute atomic E-state index is 0.187. The molecule has 2 N–H and O–H groups in total. The molecule has 0 saturated heterocycles. The minimum Gasteiger partial charge on any atom is -0.478 e. The Morgan fingerprint density at radius 2 is 1.79 bits per heavy atom. The van der Waals surface area contributed by atoms with Gasteiger partial charge in [0.05, 0.1) is 5.69 Å². The average Bonchev–Trinajstić information content (AvgIpc) is 3.09. The normalized spacial score (nSPS) is 11.1. The van der Waals surface area contributed by atoms with Crippen molar-refractivity contribution < 1.29 is 19.4 Å². The van der Waals surface area contributed by atoms with Crippen molar-refractivity contribution in [2.24, 2.45) is 0 Å². The molecule has 2 aromatic heterocycles. The number of benzene rings is 1. The summed E-state index contributed by atoms with van der Waals surface area (Å²) in [7, 11) is 0. The van der Waals surface area contributed by atoms with Gasteiger partial charge in [0.1, 0.15) is 15.6 Å². The van der Waals surface area contributed by atoms with Crippen molar-refractivity contribution >= 4 is 23.2 Å². The Morgan fingerprint density at radius 1 is 1.14 bits per heavy atom. The molecule has 2 heterocycles. The molecule has 0 bridgehead atoms. The van der Waals surface area contributed by atoms with Gasteiger partial charge in [0.15, 0.2) is 5.60 Å². The lowest BCUT2D eigenvalue weighted by atomic mass is 10.1. The highest BCUT2D eigenvalue weighted by atomic mass is 32.1. The number of hydrogen-bond acceptors (Lipinski definition) is 6. The number of rotatable bonds is 7. The predicted molar refractivity (Wildman–Crippen MR) is 110 cm³/mol. The Labute approximate surface area is 172 Å². The van der Waals surface area contributed by atoms with Crippen LogP contribution in [-0.2, 0) is 11.3 Å². The second-order valence-corrected chi connectivity index (χ2v) is 7.91. The van der Waals surface area contributed by atoms with Crippen LogP contribution in [0, 0.1) is 6.92 Å². The van der Waals surface area contributed by atoms with Crippen molar-refractivity contribution in [1.29, 1.82) is 0 Å². The van der Waals surface area contributed by atoms with E-state index in [1.54, 1.807) is 36.7 Å². The van der Waals surface area contributed by atoms with Crippen LogP contribution in [0.1, 0.15) is 34.8 Å². The zero-order valence-corrected chi connectivity index (χ0v) is 17.1. The van der Waals surface area contributed by atoms with E-state index in [0.717, 1.165) is 16.1 Å². The number of ether oxygens (including phenoxy) is 1. The Kier molecular flexibility index (Phi) is 5.93. The van der Waals surface area contributed by atoms with Crippen LogP contribution in [-0.4, -0.2) is 32.6 Å². The van der Waals surface area contributed by atoms with Gasteiger partial charge in [-0.05, 0) is 50.6 Å². The number of carboxylic acid groups (broad SMARTS) is 1. The number of carbonyl (C=O) groups is 2. The first-order valence-corrected chi connectivity index (χ1v) is 9.75. The molecular weight excluding hydrogens is 390 g/mol. The standard InChI is InChI=1S/C21H21N3O4S/c1-13-17(29-19(24-13)15-8-10-22-11-9-15)18(25)23-12-14-4-6-16(7-5-14)28-21(2,3)20(26)27/h4-11H,12H2,1-3H3,(H,23,25)(H,26,27). The lowest BCUT2D eigenvalue weighted by Gasteiger charge is -2.21. The fraction of sp³-hybridized carbons (Fsp3) is 0.238. The van der Waals surface area contributed by atoms with Gasteiger partial charge in [-0.15, -0.1) is 11.3 Å². The number of carbonyl (C=O) groups excluding carboxylic acids is 1. The maximum atomic E-state index is 12.6. The van der Waals surface area contributed by atoms with Crippen LogP contribution in [0.15, 0.2) is 48.8 Å². The van der Waals surface area contributed by atoms with Crippen LogP contribution < -0.4 is 10.1 Å². The molecule has 7 nitrogen and oxygen atoms in total. The molecule has 8 heteroatoms. The molecule has 0 radical (unpaired) electrons. The predicted octanol–water partition coefficient (Wildman–Crippen LogP) is 3.69. The van der Waals surface area contributed by atoms with E-state index >= 15 is 0 Å². The topological polar surface area (TPSA) is 101 Å². The van der Waals surface area contributed by atoms with Gasteiger partial charge in [0, 0.05) is 24.5 Å². The van der Waals surface area contributed by atoms with Gasteiger partial charge < -0.3 is 15.2 Å². The van der Waals surface area contributed by atoms with Crippen LogP contribution in [0.2, 0.25) is 0 Å². The van der Waals surface area contributed by atoms with Gasteiger partial charge >= 0.3 is 5.97 Å². The van der Waals surface area contributed by atoms with Crippen LogP contribution in [0.25, 0.3) is 10.6 Å². The summed E-state index contributed by atoms with van der Waals surface area (Å²) in [6.07, 6.45) is 3.38. The number of pyridine rings is 1. The number of thiazole rings is 1. The van der Waals surface area contributed by atoms with Gasteiger partial charge in [-0.2, -0.15) is 0 Å². The lowest BCUT2D eigenvalue weighted by Crippen LogP contribution is -2.37. The van der Waals surface area contributed by atoms with Crippen molar-refractivity contribution in [1.82, 2.24) is 15.3 Å². The van der Waals surface area contributed by atoms with Crippen LogP contribution in [0.3, 0.4) is 0 Å². The highest BCUT2D eigenvalue weighted by Gasteiger charge is 2.29. The first kappa shape index (κ1) is 20.5. The quantitative estimate of drug-likeness (QED) is 0.615. The number of hydrogen-bond donors (Lipinski definition) is 2. The summed E-state index contributed by atoms with van der Waals surface area (Å²) in [5.41, 5.74) is 1.16. The number of aromatic nitrogens is 2. The lowest BCUT2D eigenvalue weighted by molar-refractivity contribution is -0.152. The largest absolute Gasteiger partial charge is 0.478 e. The van der Waals surface area contributed by atoms with Crippen molar-refractivity contribution in [2.75, 3.05) is 0 Å². The molecule has 3 rings (SSSR count). The highest BCUT2D eigenvalue weighted by molar-refractivity contribution is 7.17. The molecule has 150 valence electrons. The molecule has 0 spiro atoms. The Balaban J connectivity index is 1.62. The zero-order chi connectivity index (χ0) is 21.0. The third kappa shape index (κ3) is 4.97. The van der Waals surface area contributed by atoms with E-state index in [0.29, 0.717) is 22.9 Å². The molecular formula is C21H21N3O4S. The molecule has 29 heavy (non-hydrogen) atoms. The molecule has 1 amide bonds. The summed E-state index contributed by atoms with van der Waals surface area (Å²) in [5.74, 6) is -0.777. The molecule has 0 unspecified atom stereocenters. The molecule has 0 aliphatic heterocycles. The number of carboxylic acids is 1. The first-order chi connectivity index (χ1) is 13.8. The van der Waals surface area contributed by atoms with E-state index in [1.807, 2.05) is 19.1 Å². The van der Waals surface area contributed by atoms with Crippen LogP contribution in [0.4, 0.5) is 0 Å². The molecule has 3 aromatic rings. The maximum Gasteiger partial charge on any atom is 0.347 e. The minimum atomic E-state index is -1.31. The van der Waals surface area contributed by atoms with Gasteiger partial charge in [-0.25, -0.2) is 9.78 Å². The fourth-order valence-electron chi connectivity index (χ4n) is 2.50. The molecule has 0 saturated carbocycles. The van der Waals surface area contributed by atoms with Crippen molar-refractivity contribution in [3.05, 3.63) is 64.9 Å². The van der Waals surface area contributed by atoms with Gasteiger partial charge in [-0.1, -0.05) is 12.1 Å². The highest BCUT2D eigenvalue weighted by Crippen LogP contribution is 2.27. The molecule has 0 fully saturated rings. The number of amides is 1. The molecule has 0 aliphatic rings. The second kappa shape index (κ2) is 8.40. The monoisotopic (exact) mass is 411 g/mol. The maximum absolute atomic E-state index is 12.6. The van der Waals surface area contributed by atoms with Gasteiger partial charge in [-0.3, -0.25) is 9.78 Å². The van der Waals surface area contributed by atoms with Crippen LogP contribution in [0.5, 0.6) is 5.75 Å². The third-order valence-electron chi connectivity index (χ3n) is 4.19. The summed E-state index contributed by atoms with van der Waals surface area (Å²) in [5, 5.41) is 12.8.